The molecule has 0 aliphatic rings. The molecule has 1 aromatic carbocycles. The van der Waals surface area contributed by atoms with Gasteiger partial charge in [-0.2, -0.15) is 0 Å². The van der Waals surface area contributed by atoms with Crippen LogP contribution in [0.25, 0.3) is 0 Å². The van der Waals surface area contributed by atoms with Crippen LogP contribution in [0.4, 0.5) is 0 Å². The van der Waals surface area contributed by atoms with Gasteiger partial charge in [-0.15, -0.1) is 0 Å². The Morgan fingerprint density at radius 2 is 2.21 bits per heavy atom. The van der Waals surface area contributed by atoms with E-state index in [0.29, 0.717) is 0 Å². The van der Waals surface area contributed by atoms with E-state index in [-0.39, 0.29) is 17.1 Å². The summed E-state index contributed by atoms with van der Waals surface area (Å²) in [6.07, 6.45) is -1.04. The maximum absolute atomic E-state index is 10.9. The molecule has 0 aromatic heterocycles. The number of carbonyl (C=O) groups is 1. The fourth-order valence-electron chi connectivity index (χ4n) is 0.997. The highest BCUT2D eigenvalue weighted by molar-refractivity contribution is 5.96. The molecule has 14 heavy (non-hydrogen) atoms. The molecule has 1 unspecified atom stereocenters. The maximum atomic E-state index is 10.9. The molecule has 0 saturated heterocycles. The first kappa shape index (κ1) is 10.3. The van der Waals surface area contributed by atoms with Gasteiger partial charge in [-0.25, -0.2) is 0 Å². The number of benzene rings is 1. The molecular formula is C9H11NO4. The number of aromatic hydroxyl groups is 1. The van der Waals surface area contributed by atoms with Gasteiger partial charge in [0.1, 0.15) is 11.5 Å². The zero-order chi connectivity index (χ0) is 10.7. The van der Waals surface area contributed by atoms with Gasteiger partial charge in [0.25, 0.3) is 5.91 Å². The van der Waals surface area contributed by atoms with E-state index in [9.17, 15) is 4.79 Å². The van der Waals surface area contributed by atoms with Gasteiger partial charge in [-0.3, -0.25) is 4.79 Å². The van der Waals surface area contributed by atoms with Gasteiger partial charge in [0.2, 0.25) is 0 Å². The topological polar surface area (TPSA) is 92.8 Å². The fraction of sp³-hybridized carbons (Fsp3) is 0.222. The number of amides is 1. The predicted molar refractivity (Wildman–Crippen MR) is 48.9 cm³/mol. The number of aliphatic hydroxyl groups is 1. The van der Waals surface area contributed by atoms with Crippen molar-refractivity contribution in [3.8, 4) is 11.5 Å². The predicted octanol–water partition coefficient (Wildman–Crippen LogP) is 0.208. The van der Waals surface area contributed by atoms with Crippen molar-refractivity contribution in [1.29, 1.82) is 0 Å². The van der Waals surface area contributed by atoms with E-state index in [1.165, 1.54) is 25.1 Å². The van der Waals surface area contributed by atoms with Crippen molar-refractivity contribution in [1.82, 2.24) is 0 Å². The van der Waals surface area contributed by atoms with Crippen molar-refractivity contribution in [2.24, 2.45) is 5.73 Å². The highest BCUT2D eigenvalue weighted by atomic mass is 16.6. The van der Waals surface area contributed by atoms with E-state index in [1.54, 1.807) is 0 Å². The molecule has 0 saturated carbocycles. The molecule has 0 radical (unpaired) electrons. The third-order valence-electron chi connectivity index (χ3n) is 1.53. The molecule has 1 atom stereocenters. The van der Waals surface area contributed by atoms with Crippen LogP contribution in [-0.4, -0.2) is 22.4 Å². The summed E-state index contributed by atoms with van der Waals surface area (Å²) in [4.78, 5) is 10.9. The van der Waals surface area contributed by atoms with E-state index in [4.69, 9.17) is 20.7 Å². The van der Waals surface area contributed by atoms with E-state index in [0.717, 1.165) is 0 Å². The van der Waals surface area contributed by atoms with Crippen LogP contribution >= 0.6 is 0 Å². The number of ether oxygens (including phenoxy) is 1. The van der Waals surface area contributed by atoms with Crippen LogP contribution in [0, 0.1) is 0 Å². The lowest BCUT2D eigenvalue weighted by atomic mass is 10.2. The summed E-state index contributed by atoms with van der Waals surface area (Å²) in [6.45, 7) is 1.40. The van der Waals surface area contributed by atoms with Crippen LogP contribution in [0.1, 0.15) is 17.3 Å². The number of phenolic OH excluding ortho intramolecular Hbond substituents is 1. The molecule has 5 nitrogen and oxygen atoms in total. The summed E-state index contributed by atoms with van der Waals surface area (Å²) in [5.74, 6) is -0.668. The first-order valence-electron chi connectivity index (χ1n) is 3.98. The molecule has 0 aliphatic heterocycles. The highest BCUT2D eigenvalue weighted by Crippen LogP contribution is 2.23. The zero-order valence-electron chi connectivity index (χ0n) is 7.60. The van der Waals surface area contributed by atoms with Gasteiger partial charge < -0.3 is 20.7 Å². The first-order chi connectivity index (χ1) is 6.50. The Morgan fingerprint density at radius 3 is 2.71 bits per heavy atom. The minimum absolute atomic E-state index is 0.0332. The molecule has 0 bridgehead atoms. The summed E-state index contributed by atoms with van der Waals surface area (Å²) in [6, 6.07) is 3.88. The first-order valence-corrected chi connectivity index (χ1v) is 3.98. The lowest BCUT2D eigenvalue weighted by Gasteiger charge is -2.11. The third kappa shape index (κ3) is 2.37. The number of rotatable bonds is 3. The summed E-state index contributed by atoms with van der Waals surface area (Å²) >= 11 is 0. The van der Waals surface area contributed by atoms with Crippen molar-refractivity contribution >= 4 is 5.91 Å². The highest BCUT2D eigenvalue weighted by Gasteiger charge is 2.11. The molecule has 0 spiro atoms. The second-order valence-electron chi connectivity index (χ2n) is 2.76. The minimum Gasteiger partial charge on any atom is -0.508 e. The smallest absolute Gasteiger partial charge is 0.252 e. The summed E-state index contributed by atoms with van der Waals surface area (Å²) in [5.41, 5.74) is 5.08. The third-order valence-corrected chi connectivity index (χ3v) is 1.53. The molecule has 4 N–H and O–H groups in total. The SMILES string of the molecule is CC(O)Oc1ccc(O)cc1C(N)=O. The van der Waals surface area contributed by atoms with Crippen molar-refractivity contribution in [3.05, 3.63) is 23.8 Å². The minimum atomic E-state index is -1.04. The second-order valence-corrected chi connectivity index (χ2v) is 2.76. The Balaban J connectivity index is 3.08. The maximum Gasteiger partial charge on any atom is 0.252 e. The average Bonchev–Trinajstić information content (AvgIpc) is 2.07. The average molecular weight is 197 g/mol. The molecule has 1 aromatic rings. The molecular weight excluding hydrogens is 186 g/mol. The van der Waals surface area contributed by atoms with Crippen LogP contribution in [0.15, 0.2) is 18.2 Å². The Kier molecular flexibility index (Phi) is 2.93. The fourth-order valence-corrected chi connectivity index (χ4v) is 0.997. The normalized spacial score (nSPS) is 12.1. The van der Waals surface area contributed by atoms with Crippen molar-refractivity contribution in [2.75, 3.05) is 0 Å². The van der Waals surface area contributed by atoms with Crippen molar-refractivity contribution in [3.63, 3.8) is 0 Å². The van der Waals surface area contributed by atoms with Gasteiger partial charge in [0.05, 0.1) is 5.56 Å². The Hall–Kier alpha value is -1.75. The molecule has 1 amide bonds. The Labute approximate surface area is 80.7 Å². The van der Waals surface area contributed by atoms with Crippen LogP contribution in [-0.2, 0) is 0 Å². The van der Waals surface area contributed by atoms with E-state index < -0.39 is 12.2 Å². The standard InChI is InChI=1S/C9H11NO4/c1-5(11)14-8-3-2-6(12)4-7(8)9(10)13/h2-5,11-12H,1H3,(H2,10,13). The summed E-state index contributed by atoms with van der Waals surface area (Å²) in [7, 11) is 0. The molecule has 0 fully saturated rings. The van der Waals surface area contributed by atoms with E-state index in [1.807, 2.05) is 0 Å². The number of aliphatic hydroxyl groups excluding tert-OH is 1. The Morgan fingerprint density at radius 1 is 1.57 bits per heavy atom. The molecule has 76 valence electrons. The molecule has 5 heteroatoms. The molecule has 0 aliphatic carbocycles. The van der Waals surface area contributed by atoms with Gasteiger partial charge in [0, 0.05) is 0 Å². The second kappa shape index (κ2) is 3.97. The van der Waals surface area contributed by atoms with Gasteiger partial charge >= 0.3 is 0 Å². The quantitative estimate of drug-likeness (QED) is 0.604. The number of primary amides is 1. The van der Waals surface area contributed by atoms with Crippen LogP contribution in [0.2, 0.25) is 0 Å². The van der Waals surface area contributed by atoms with E-state index in [2.05, 4.69) is 0 Å². The Bertz CT molecular complexity index is 349. The lowest BCUT2D eigenvalue weighted by Crippen LogP contribution is -2.16. The van der Waals surface area contributed by atoms with Crippen LogP contribution < -0.4 is 10.5 Å². The summed E-state index contributed by atoms with van der Waals surface area (Å²) in [5, 5.41) is 18.0. The van der Waals surface area contributed by atoms with Gasteiger partial charge in [-0.05, 0) is 25.1 Å². The number of hydrogen-bond acceptors (Lipinski definition) is 4. The van der Waals surface area contributed by atoms with Crippen LogP contribution in [0.5, 0.6) is 11.5 Å². The largest absolute Gasteiger partial charge is 0.508 e. The number of carbonyl (C=O) groups excluding carboxylic acids is 1. The zero-order valence-corrected chi connectivity index (χ0v) is 7.60. The van der Waals surface area contributed by atoms with Gasteiger partial charge in [-0.1, -0.05) is 0 Å². The molecule has 1 rings (SSSR count). The number of nitrogens with two attached hydrogens (primary N) is 1. The lowest BCUT2D eigenvalue weighted by molar-refractivity contribution is -0.000797. The van der Waals surface area contributed by atoms with Gasteiger partial charge in [0.15, 0.2) is 6.29 Å². The van der Waals surface area contributed by atoms with E-state index >= 15 is 0 Å². The van der Waals surface area contributed by atoms with Crippen LogP contribution in [0.3, 0.4) is 0 Å². The van der Waals surface area contributed by atoms with Crippen molar-refractivity contribution in [2.45, 2.75) is 13.2 Å². The summed E-state index contributed by atoms with van der Waals surface area (Å²) < 4.78 is 4.91. The van der Waals surface area contributed by atoms with Crippen molar-refractivity contribution < 1.29 is 19.7 Å². The number of phenols is 1. The molecule has 0 heterocycles. The monoisotopic (exact) mass is 197 g/mol. The number of hydrogen-bond donors (Lipinski definition) is 3.